The fourth-order valence-electron chi connectivity index (χ4n) is 2.65. The molecule has 0 fully saturated rings. The van der Waals surface area contributed by atoms with Crippen molar-refractivity contribution in [3.8, 4) is 0 Å². The van der Waals surface area contributed by atoms with E-state index >= 15 is 0 Å². The Hall–Kier alpha value is -3.36. The number of anilines is 1. The number of pyridine rings is 1. The third kappa shape index (κ3) is 6.06. The summed E-state index contributed by atoms with van der Waals surface area (Å²) in [5.74, 6) is -0.680. The molecule has 8 heteroatoms. The summed E-state index contributed by atoms with van der Waals surface area (Å²) in [6, 6.07) is 18.9. The minimum Gasteiger partial charge on any atom is -0.772 e. The summed E-state index contributed by atoms with van der Waals surface area (Å²) >= 11 is -2.24. The summed E-state index contributed by atoms with van der Waals surface area (Å²) in [6.07, 6.45) is 1.43. The fraction of sp³-hybridized carbons (Fsp3) is 0.0952. The SMILES string of the molecule is O=C(NCc1ccccc1)c1ccnc(NC(=O)c2cccc(CS(=O)[O-])c2)c1. The second-order valence-electron chi connectivity index (χ2n) is 6.20. The van der Waals surface area contributed by atoms with Crippen molar-refractivity contribution in [1.29, 1.82) is 0 Å². The van der Waals surface area contributed by atoms with Crippen molar-refractivity contribution in [2.45, 2.75) is 12.3 Å². The van der Waals surface area contributed by atoms with Crippen LogP contribution in [0.2, 0.25) is 0 Å². The van der Waals surface area contributed by atoms with Crippen molar-refractivity contribution in [1.82, 2.24) is 10.3 Å². The van der Waals surface area contributed by atoms with Gasteiger partial charge >= 0.3 is 0 Å². The highest BCUT2D eigenvalue weighted by molar-refractivity contribution is 7.78. The first-order valence-electron chi connectivity index (χ1n) is 8.75. The Balaban J connectivity index is 1.65. The summed E-state index contributed by atoms with van der Waals surface area (Å²) in [6.45, 7) is 0.386. The molecule has 3 aromatic rings. The van der Waals surface area contributed by atoms with Crippen molar-refractivity contribution >= 4 is 28.7 Å². The highest BCUT2D eigenvalue weighted by atomic mass is 32.2. The minimum absolute atomic E-state index is 0.170. The maximum atomic E-state index is 12.4. The van der Waals surface area contributed by atoms with E-state index in [2.05, 4.69) is 15.6 Å². The molecule has 148 valence electrons. The van der Waals surface area contributed by atoms with Crippen LogP contribution < -0.4 is 10.6 Å². The molecule has 0 aliphatic heterocycles. The van der Waals surface area contributed by atoms with Gasteiger partial charge in [0.1, 0.15) is 5.82 Å². The maximum absolute atomic E-state index is 12.4. The molecule has 0 radical (unpaired) electrons. The molecular weight excluding hydrogens is 390 g/mol. The van der Waals surface area contributed by atoms with Crippen LogP contribution in [0.15, 0.2) is 72.9 Å². The van der Waals surface area contributed by atoms with E-state index in [0.29, 0.717) is 23.2 Å². The number of hydrogen-bond acceptors (Lipinski definition) is 5. The first kappa shape index (κ1) is 20.4. The lowest BCUT2D eigenvalue weighted by molar-refractivity contribution is 0.0949. The Morgan fingerprint density at radius 2 is 1.62 bits per heavy atom. The Labute approximate surface area is 170 Å². The molecular formula is C21H18N3O4S-. The molecule has 0 saturated carbocycles. The predicted octanol–water partition coefficient (Wildman–Crippen LogP) is 2.64. The van der Waals surface area contributed by atoms with Crippen molar-refractivity contribution in [3.05, 3.63) is 95.2 Å². The smallest absolute Gasteiger partial charge is 0.256 e. The van der Waals surface area contributed by atoms with Gasteiger partial charge in [0.2, 0.25) is 0 Å². The monoisotopic (exact) mass is 408 g/mol. The number of rotatable bonds is 7. The molecule has 7 nitrogen and oxygen atoms in total. The average Bonchev–Trinajstić information content (AvgIpc) is 2.72. The topological polar surface area (TPSA) is 111 Å². The van der Waals surface area contributed by atoms with Crippen LogP contribution in [0.3, 0.4) is 0 Å². The molecule has 0 saturated heterocycles. The van der Waals surface area contributed by atoms with Gasteiger partial charge in [-0.05, 0) is 35.4 Å². The van der Waals surface area contributed by atoms with Crippen molar-refractivity contribution in [3.63, 3.8) is 0 Å². The van der Waals surface area contributed by atoms with Gasteiger partial charge in [-0.3, -0.25) is 13.8 Å². The molecule has 2 amide bonds. The van der Waals surface area contributed by atoms with Crippen LogP contribution in [-0.2, 0) is 23.4 Å². The van der Waals surface area contributed by atoms with E-state index in [1.165, 1.54) is 18.3 Å². The lowest BCUT2D eigenvalue weighted by atomic mass is 10.1. The molecule has 0 aliphatic carbocycles. The zero-order chi connectivity index (χ0) is 20.6. The van der Waals surface area contributed by atoms with Gasteiger partial charge in [-0.15, -0.1) is 0 Å². The van der Waals surface area contributed by atoms with Gasteiger partial charge in [-0.2, -0.15) is 0 Å². The molecule has 3 rings (SSSR count). The molecule has 1 unspecified atom stereocenters. The van der Waals surface area contributed by atoms with Crippen molar-refractivity contribution in [2.75, 3.05) is 5.32 Å². The third-order valence-corrected chi connectivity index (χ3v) is 4.60. The van der Waals surface area contributed by atoms with E-state index in [9.17, 15) is 18.4 Å². The normalized spacial score (nSPS) is 11.5. The van der Waals surface area contributed by atoms with E-state index in [0.717, 1.165) is 5.56 Å². The van der Waals surface area contributed by atoms with Gasteiger partial charge in [0, 0.05) is 29.6 Å². The Morgan fingerprint density at radius 1 is 0.897 bits per heavy atom. The van der Waals surface area contributed by atoms with Gasteiger partial charge in [0.25, 0.3) is 11.8 Å². The number of benzene rings is 2. The van der Waals surface area contributed by atoms with Gasteiger partial charge < -0.3 is 15.2 Å². The van der Waals surface area contributed by atoms with Crippen LogP contribution in [0.1, 0.15) is 31.8 Å². The number of nitrogens with zero attached hydrogens (tertiary/aromatic N) is 1. The number of carbonyl (C=O) groups excluding carboxylic acids is 2. The standard InChI is InChI=1S/C21H19N3O4S/c25-20(23-13-15-5-2-1-3-6-15)18-9-10-22-19(12-18)24-21(26)17-8-4-7-16(11-17)14-29(27)28/h1-12H,13-14H2,(H,23,25)(H,27,28)(H,22,24,26)/p-1. The second-order valence-corrected chi connectivity index (χ2v) is 7.10. The minimum atomic E-state index is -2.24. The summed E-state index contributed by atoms with van der Waals surface area (Å²) in [5.41, 5.74) is 2.14. The lowest BCUT2D eigenvalue weighted by Gasteiger charge is -2.09. The van der Waals surface area contributed by atoms with Crippen LogP contribution >= 0.6 is 0 Å². The van der Waals surface area contributed by atoms with Crippen LogP contribution in [0.25, 0.3) is 0 Å². The van der Waals surface area contributed by atoms with Crippen LogP contribution in [0.5, 0.6) is 0 Å². The average molecular weight is 408 g/mol. The van der Waals surface area contributed by atoms with Crippen LogP contribution in [0.4, 0.5) is 5.82 Å². The van der Waals surface area contributed by atoms with E-state index in [-0.39, 0.29) is 17.5 Å². The quantitative estimate of drug-likeness (QED) is 0.584. The van der Waals surface area contributed by atoms with Crippen molar-refractivity contribution in [2.24, 2.45) is 0 Å². The highest BCUT2D eigenvalue weighted by Crippen LogP contribution is 2.12. The summed E-state index contributed by atoms with van der Waals surface area (Å²) in [7, 11) is 0. The van der Waals surface area contributed by atoms with E-state index < -0.39 is 17.0 Å². The molecule has 0 spiro atoms. The van der Waals surface area contributed by atoms with Gasteiger partial charge in [0.15, 0.2) is 0 Å². The number of amides is 2. The zero-order valence-electron chi connectivity index (χ0n) is 15.3. The molecule has 1 atom stereocenters. The first-order valence-corrected chi connectivity index (χ1v) is 10.00. The Kier molecular flexibility index (Phi) is 6.83. The Morgan fingerprint density at radius 3 is 2.38 bits per heavy atom. The van der Waals surface area contributed by atoms with Crippen LogP contribution in [0, 0.1) is 0 Å². The molecule has 0 aliphatic rings. The Bertz CT molecular complexity index is 1040. The van der Waals surface area contributed by atoms with Gasteiger partial charge in [-0.1, -0.05) is 53.5 Å². The number of aromatic nitrogens is 1. The predicted molar refractivity (Wildman–Crippen MR) is 109 cm³/mol. The molecule has 1 heterocycles. The highest BCUT2D eigenvalue weighted by Gasteiger charge is 2.11. The van der Waals surface area contributed by atoms with Crippen molar-refractivity contribution < 1.29 is 18.4 Å². The molecule has 2 N–H and O–H groups in total. The number of nitrogens with one attached hydrogen (secondary N) is 2. The van der Waals surface area contributed by atoms with Gasteiger partial charge in [0.05, 0.1) is 0 Å². The van der Waals surface area contributed by atoms with E-state index in [1.807, 2.05) is 30.3 Å². The van der Waals surface area contributed by atoms with Crippen LogP contribution in [-0.4, -0.2) is 25.6 Å². The second kappa shape index (κ2) is 9.72. The van der Waals surface area contributed by atoms with Gasteiger partial charge in [-0.25, -0.2) is 4.98 Å². The zero-order valence-corrected chi connectivity index (χ0v) is 16.1. The van der Waals surface area contributed by atoms with E-state index in [1.54, 1.807) is 24.3 Å². The third-order valence-electron chi connectivity index (χ3n) is 4.03. The molecule has 0 bridgehead atoms. The lowest BCUT2D eigenvalue weighted by Crippen LogP contribution is -2.23. The largest absolute Gasteiger partial charge is 0.772 e. The number of hydrogen-bond donors (Lipinski definition) is 2. The molecule has 29 heavy (non-hydrogen) atoms. The summed E-state index contributed by atoms with van der Waals surface area (Å²) in [4.78, 5) is 28.9. The maximum Gasteiger partial charge on any atom is 0.256 e. The first-order chi connectivity index (χ1) is 14.0. The molecule has 2 aromatic carbocycles. The van der Waals surface area contributed by atoms with E-state index in [4.69, 9.17) is 0 Å². The molecule has 1 aromatic heterocycles. The summed E-state index contributed by atoms with van der Waals surface area (Å²) in [5, 5.41) is 5.44. The fourth-order valence-corrected chi connectivity index (χ4v) is 3.10. The summed E-state index contributed by atoms with van der Waals surface area (Å²) < 4.78 is 21.7. The number of carbonyl (C=O) groups is 2.